The number of nitriles is 2. The lowest BCUT2D eigenvalue weighted by atomic mass is 9.68. The van der Waals surface area contributed by atoms with Gasteiger partial charge in [-0.25, -0.2) is 4.79 Å². The highest BCUT2D eigenvalue weighted by Gasteiger charge is 2.64. The average molecular weight is 399 g/mol. The van der Waals surface area contributed by atoms with Crippen LogP contribution in [0.3, 0.4) is 0 Å². The Kier molecular flexibility index (Phi) is 4.93. The Morgan fingerprint density at radius 1 is 1.17 bits per heavy atom. The highest BCUT2D eigenvalue weighted by molar-refractivity contribution is 5.80. The van der Waals surface area contributed by atoms with Gasteiger partial charge in [0.2, 0.25) is 0 Å². The van der Waals surface area contributed by atoms with Crippen molar-refractivity contribution in [2.45, 2.75) is 24.9 Å². The van der Waals surface area contributed by atoms with Crippen molar-refractivity contribution in [3.05, 3.63) is 71.4 Å². The summed E-state index contributed by atoms with van der Waals surface area (Å²) in [5.74, 6) is -0.574. The fourth-order valence-corrected chi connectivity index (χ4v) is 4.70. The number of hydrogen-bond donors (Lipinski definition) is 0. The van der Waals surface area contributed by atoms with Crippen molar-refractivity contribution in [3.8, 4) is 17.9 Å². The third kappa shape index (κ3) is 2.73. The molecule has 30 heavy (non-hydrogen) atoms. The van der Waals surface area contributed by atoms with Crippen LogP contribution >= 0.6 is 0 Å². The zero-order chi connectivity index (χ0) is 21.3. The summed E-state index contributed by atoms with van der Waals surface area (Å²) < 4.78 is 10.7. The summed E-state index contributed by atoms with van der Waals surface area (Å²) in [6.07, 6.45) is 3.71. The number of carbonyl (C=O) groups excluding carboxylic acids is 1. The number of rotatable bonds is 4. The Morgan fingerprint density at radius 2 is 1.93 bits per heavy atom. The quantitative estimate of drug-likeness (QED) is 0.727. The molecule has 0 N–H and O–H groups in total. The summed E-state index contributed by atoms with van der Waals surface area (Å²) in [5, 5.41) is 20.7. The van der Waals surface area contributed by atoms with Gasteiger partial charge < -0.3 is 14.4 Å². The van der Waals surface area contributed by atoms with Crippen molar-refractivity contribution in [3.63, 3.8) is 0 Å². The standard InChI is InChI=1S/C24H21N3O3/c1-3-30-23(28)21-20(17-8-6-9-18(13-17)29-2)24(14-25,15-26)22-19-10-5-4-7-16(19)11-12-27(21)22/h4-13,20-22H,3H2,1-2H3/t20-,21+,22-/m0/s1. The lowest BCUT2D eigenvalue weighted by Crippen LogP contribution is -2.38. The molecule has 6 heteroatoms. The van der Waals surface area contributed by atoms with Crippen LogP contribution in [0.15, 0.2) is 54.7 Å². The summed E-state index contributed by atoms with van der Waals surface area (Å²) in [4.78, 5) is 14.9. The molecule has 0 radical (unpaired) electrons. The molecule has 0 spiro atoms. The molecule has 0 aliphatic carbocycles. The normalized spacial score (nSPS) is 22.9. The SMILES string of the molecule is CCOC(=O)[C@H]1[C@H](c2cccc(OC)c2)C(C#N)(C#N)[C@@H]2c3ccccc3C=CN21. The van der Waals surface area contributed by atoms with E-state index >= 15 is 0 Å². The van der Waals surface area contributed by atoms with E-state index in [4.69, 9.17) is 9.47 Å². The molecule has 6 nitrogen and oxygen atoms in total. The maximum Gasteiger partial charge on any atom is 0.329 e. The van der Waals surface area contributed by atoms with E-state index in [2.05, 4.69) is 12.1 Å². The Bertz CT molecular complexity index is 1080. The predicted octanol–water partition coefficient (Wildman–Crippen LogP) is 3.79. The lowest BCUT2D eigenvalue weighted by Gasteiger charge is -2.34. The first-order valence-electron chi connectivity index (χ1n) is 9.79. The second kappa shape index (κ2) is 7.57. The minimum Gasteiger partial charge on any atom is -0.497 e. The number of fused-ring (bicyclic) bond motifs is 3. The molecule has 2 aliphatic heterocycles. The van der Waals surface area contributed by atoms with Crippen molar-refractivity contribution in [1.82, 2.24) is 4.90 Å². The Morgan fingerprint density at radius 3 is 2.63 bits per heavy atom. The van der Waals surface area contributed by atoms with Crippen LogP contribution in [0.1, 0.15) is 35.6 Å². The van der Waals surface area contributed by atoms with Gasteiger partial charge in [0.25, 0.3) is 0 Å². The largest absolute Gasteiger partial charge is 0.497 e. The van der Waals surface area contributed by atoms with Crippen molar-refractivity contribution >= 4 is 12.0 Å². The molecule has 2 aliphatic rings. The zero-order valence-electron chi connectivity index (χ0n) is 16.8. The summed E-state index contributed by atoms with van der Waals surface area (Å²) in [6, 6.07) is 18.0. The molecule has 0 bridgehead atoms. The Balaban J connectivity index is 1.98. The number of carbonyl (C=O) groups is 1. The van der Waals surface area contributed by atoms with Gasteiger partial charge in [-0.1, -0.05) is 36.4 Å². The summed E-state index contributed by atoms with van der Waals surface area (Å²) >= 11 is 0. The summed E-state index contributed by atoms with van der Waals surface area (Å²) in [7, 11) is 1.56. The van der Waals surface area contributed by atoms with Crippen molar-refractivity contribution in [1.29, 1.82) is 10.5 Å². The topological polar surface area (TPSA) is 86.3 Å². The molecule has 0 unspecified atom stereocenters. The van der Waals surface area contributed by atoms with Crippen LogP contribution in [0.2, 0.25) is 0 Å². The van der Waals surface area contributed by atoms with E-state index in [1.54, 1.807) is 38.4 Å². The number of methoxy groups -OCH3 is 1. The first-order chi connectivity index (χ1) is 14.6. The van der Waals surface area contributed by atoms with Gasteiger partial charge in [0.1, 0.15) is 11.8 Å². The van der Waals surface area contributed by atoms with E-state index in [0.29, 0.717) is 11.3 Å². The van der Waals surface area contributed by atoms with Crippen LogP contribution in [0.4, 0.5) is 0 Å². The van der Waals surface area contributed by atoms with Gasteiger partial charge in [-0.15, -0.1) is 0 Å². The van der Waals surface area contributed by atoms with Gasteiger partial charge in [-0.05, 0) is 41.8 Å². The zero-order valence-corrected chi connectivity index (χ0v) is 16.8. The highest BCUT2D eigenvalue weighted by atomic mass is 16.5. The van der Waals surface area contributed by atoms with E-state index in [0.717, 1.165) is 11.1 Å². The van der Waals surface area contributed by atoms with E-state index in [1.807, 2.05) is 41.3 Å². The number of ether oxygens (including phenoxy) is 2. The summed E-state index contributed by atoms with van der Waals surface area (Å²) in [5.41, 5.74) is 0.978. The molecular formula is C24H21N3O3. The number of esters is 1. The molecule has 1 fully saturated rings. The molecule has 2 heterocycles. The monoisotopic (exact) mass is 399 g/mol. The highest BCUT2D eigenvalue weighted by Crippen LogP contribution is 2.59. The molecular weight excluding hydrogens is 378 g/mol. The van der Waals surface area contributed by atoms with Gasteiger partial charge in [0, 0.05) is 12.1 Å². The van der Waals surface area contributed by atoms with Crippen LogP contribution in [0.25, 0.3) is 6.08 Å². The van der Waals surface area contributed by atoms with Crippen LogP contribution in [0.5, 0.6) is 5.75 Å². The van der Waals surface area contributed by atoms with Crippen LogP contribution < -0.4 is 4.74 Å². The van der Waals surface area contributed by atoms with E-state index in [-0.39, 0.29) is 6.61 Å². The second-order valence-electron chi connectivity index (χ2n) is 7.34. The number of benzene rings is 2. The van der Waals surface area contributed by atoms with Gasteiger partial charge in [0.05, 0.1) is 31.9 Å². The fraction of sp³-hybridized carbons (Fsp3) is 0.292. The van der Waals surface area contributed by atoms with Crippen LogP contribution in [0, 0.1) is 28.1 Å². The third-order valence-electron chi connectivity index (χ3n) is 5.92. The molecule has 0 aromatic heterocycles. The third-order valence-corrected chi connectivity index (χ3v) is 5.92. The lowest BCUT2D eigenvalue weighted by molar-refractivity contribution is -0.148. The number of nitrogens with zero attached hydrogens (tertiary/aromatic N) is 3. The first kappa shape index (κ1) is 19.5. The Labute approximate surface area is 175 Å². The molecule has 150 valence electrons. The molecule has 3 atom stereocenters. The molecule has 1 saturated heterocycles. The molecule has 0 amide bonds. The molecule has 4 rings (SSSR count). The van der Waals surface area contributed by atoms with Gasteiger partial charge in [-0.3, -0.25) is 0 Å². The van der Waals surface area contributed by atoms with E-state index in [9.17, 15) is 15.3 Å². The summed E-state index contributed by atoms with van der Waals surface area (Å²) in [6.45, 7) is 1.96. The number of hydrogen-bond acceptors (Lipinski definition) is 6. The smallest absolute Gasteiger partial charge is 0.329 e. The van der Waals surface area contributed by atoms with Gasteiger partial charge in [-0.2, -0.15) is 10.5 Å². The molecule has 0 saturated carbocycles. The maximum atomic E-state index is 13.1. The average Bonchev–Trinajstić information content (AvgIpc) is 3.10. The first-order valence-corrected chi connectivity index (χ1v) is 9.79. The predicted molar refractivity (Wildman–Crippen MR) is 110 cm³/mol. The van der Waals surface area contributed by atoms with E-state index < -0.39 is 29.4 Å². The van der Waals surface area contributed by atoms with Gasteiger partial charge >= 0.3 is 5.97 Å². The maximum absolute atomic E-state index is 13.1. The van der Waals surface area contributed by atoms with Crippen molar-refractivity contribution in [2.24, 2.45) is 5.41 Å². The molecule has 2 aromatic rings. The Hall–Kier alpha value is -3.77. The second-order valence-corrected chi connectivity index (χ2v) is 7.34. The van der Waals surface area contributed by atoms with Crippen molar-refractivity contribution < 1.29 is 14.3 Å². The van der Waals surface area contributed by atoms with Crippen molar-refractivity contribution in [2.75, 3.05) is 13.7 Å². The van der Waals surface area contributed by atoms with Crippen LogP contribution in [-0.2, 0) is 9.53 Å². The minimum absolute atomic E-state index is 0.213. The van der Waals surface area contributed by atoms with Crippen LogP contribution in [-0.4, -0.2) is 30.6 Å². The van der Waals surface area contributed by atoms with E-state index in [1.165, 1.54) is 0 Å². The fourth-order valence-electron chi connectivity index (χ4n) is 4.70. The minimum atomic E-state index is -1.50. The molecule has 2 aromatic carbocycles. The van der Waals surface area contributed by atoms with Gasteiger partial charge in [0.15, 0.2) is 5.41 Å².